The number of carbonyl (C=O) groups is 1. The average molecular weight is 461 g/mol. The molecule has 2 aromatic heterocycles. The third-order valence-corrected chi connectivity index (χ3v) is 5.13. The lowest BCUT2D eigenvalue weighted by Gasteiger charge is -2.25. The number of aromatic nitrogens is 4. The van der Waals surface area contributed by atoms with E-state index in [9.17, 15) is 9.18 Å². The predicted molar refractivity (Wildman–Crippen MR) is 107 cm³/mol. The number of nitrogens with one attached hydrogen (secondary N) is 1. The molecule has 10 heteroatoms. The number of aryl methyl sites for hydroxylation is 1. The Bertz CT molecular complexity index is 1030. The van der Waals surface area contributed by atoms with Crippen molar-refractivity contribution in [2.24, 2.45) is 0 Å². The molecule has 1 atom stereocenters. The van der Waals surface area contributed by atoms with E-state index in [-0.39, 0.29) is 23.4 Å². The Labute approximate surface area is 174 Å². The predicted octanol–water partition coefficient (Wildman–Crippen LogP) is 3.45. The van der Waals surface area contributed by atoms with E-state index < -0.39 is 5.82 Å². The van der Waals surface area contributed by atoms with Crippen LogP contribution in [0.15, 0.2) is 39.6 Å². The number of anilines is 1. The van der Waals surface area contributed by atoms with Crippen LogP contribution in [0.25, 0.3) is 11.5 Å². The zero-order valence-electron chi connectivity index (χ0n) is 15.6. The van der Waals surface area contributed by atoms with Gasteiger partial charge in [0.2, 0.25) is 5.95 Å². The number of likely N-dealkylation sites (tertiary alicyclic amines) is 1. The maximum atomic E-state index is 13.9. The lowest BCUT2D eigenvalue weighted by molar-refractivity contribution is 0.0743. The summed E-state index contributed by atoms with van der Waals surface area (Å²) < 4.78 is 19.9. The number of nitrogens with zero attached hydrogens (tertiary/aromatic N) is 5. The summed E-state index contributed by atoms with van der Waals surface area (Å²) in [5, 5.41) is 6.92. The Hall–Kier alpha value is -2.88. The van der Waals surface area contributed by atoms with Crippen molar-refractivity contribution in [3.05, 3.63) is 52.3 Å². The molecule has 1 N–H and O–H groups in total. The zero-order chi connectivity index (χ0) is 20.4. The van der Waals surface area contributed by atoms with Crippen LogP contribution in [0.2, 0.25) is 0 Å². The zero-order valence-corrected chi connectivity index (χ0v) is 17.2. The summed E-state index contributed by atoms with van der Waals surface area (Å²) in [4.78, 5) is 27.6. The van der Waals surface area contributed by atoms with Crippen molar-refractivity contribution in [3.63, 3.8) is 0 Å². The van der Waals surface area contributed by atoms with Crippen molar-refractivity contribution in [2.45, 2.75) is 25.8 Å². The molecule has 1 aliphatic heterocycles. The minimum Gasteiger partial charge on any atom is -0.352 e. The maximum Gasteiger partial charge on any atom is 0.258 e. The van der Waals surface area contributed by atoms with Gasteiger partial charge in [0.25, 0.3) is 11.8 Å². The van der Waals surface area contributed by atoms with Crippen molar-refractivity contribution in [2.75, 3.05) is 18.4 Å². The molecule has 1 amide bonds. The second-order valence-corrected chi connectivity index (χ2v) is 7.65. The van der Waals surface area contributed by atoms with Gasteiger partial charge < -0.3 is 14.7 Å². The molecule has 8 nitrogen and oxygen atoms in total. The van der Waals surface area contributed by atoms with E-state index in [4.69, 9.17) is 4.52 Å². The van der Waals surface area contributed by atoms with Gasteiger partial charge in [-0.3, -0.25) is 4.79 Å². The van der Waals surface area contributed by atoms with Gasteiger partial charge in [-0.25, -0.2) is 14.4 Å². The van der Waals surface area contributed by atoms with Crippen LogP contribution < -0.4 is 5.32 Å². The van der Waals surface area contributed by atoms with Gasteiger partial charge in [-0.2, -0.15) is 4.98 Å². The number of benzene rings is 1. The number of rotatable bonds is 5. The summed E-state index contributed by atoms with van der Waals surface area (Å²) in [5.41, 5.74) is 0.632. The highest BCUT2D eigenvalue weighted by Crippen LogP contribution is 2.27. The van der Waals surface area contributed by atoms with Gasteiger partial charge in [-0.05, 0) is 53.9 Å². The topological polar surface area (TPSA) is 97.0 Å². The van der Waals surface area contributed by atoms with Crippen molar-refractivity contribution in [1.82, 2.24) is 25.0 Å². The molecule has 4 rings (SSSR count). The molecule has 1 aliphatic rings. The first-order chi connectivity index (χ1) is 14.0. The average Bonchev–Trinajstić information content (AvgIpc) is 3.36. The summed E-state index contributed by atoms with van der Waals surface area (Å²) in [5.74, 6) is 0.366. The first-order valence-electron chi connectivity index (χ1n) is 9.14. The molecule has 1 aromatic carbocycles. The lowest BCUT2D eigenvalue weighted by Crippen LogP contribution is -2.40. The summed E-state index contributed by atoms with van der Waals surface area (Å²) in [7, 11) is 0. The minimum atomic E-state index is -0.495. The Morgan fingerprint density at radius 2 is 2.17 bits per heavy atom. The Balaban J connectivity index is 1.55. The molecular formula is C19H18BrFN6O2. The summed E-state index contributed by atoms with van der Waals surface area (Å²) >= 11 is 3.30. The molecule has 29 heavy (non-hydrogen) atoms. The van der Waals surface area contributed by atoms with Crippen LogP contribution in [0.4, 0.5) is 10.3 Å². The monoisotopic (exact) mass is 460 g/mol. The van der Waals surface area contributed by atoms with Gasteiger partial charge in [0.05, 0.1) is 15.6 Å². The fraction of sp³-hybridized carbons (Fsp3) is 0.316. The van der Waals surface area contributed by atoms with E-state index >= 15 is 0 Å². The van der Waals surface area contributed by atoms with Gasteiger partial charge in [0.15, 0.2) is 5.82 Å². The fourth-order valence-corrected chi connectivity index (χ4v) is 3.57. The van der Waals surface area contributed by atoms with E-state index in [1.165, 1.54) is 18.2 Å². The van der Waals surface area contributed by atoms with Gasteiger partial charge in [0, 0.05) is 31.5 Å². The van der Waals surface area contributed by atoms with Crippen LogP contribution in [0.5, 0.6) is 0 Å². The number of halogens is 2. The summed E-state index contributed by atoms with van der Waals surface area (Å²) in [6, 6.07) is 3.93. The Morgan fingerprint density at radius 3 is 2.90 bits per heavy atom. The van der Waals surface area contributed by atoms with Gasteiger partial charge in [0.1, 0.15) is 5.82 Å². The molecule has 0 radical (unpaired) electrons. The van der Waals surface area contributed by atoms with Crippen LogP contribution in [-0.2, 0) is 0 Å². The van der Waals surface area contributed by atoms with Crippen LogP contribution in [0.3, 0.4) is 0 Å². The molecule has 3 heterocycles. The molecule has 0 saturated carbocycles. The summed E-state index contributed by atoms with van der Waals surface area (Å²) in [6.07, 6.45) is 5.00. The third kappa shape index (κ3) is 4.26. The van der Waals surface area contributed by atoms with Gasteiger partial charge in [-0.15, -0.1) is 0 Å². The lowest BCUT2D eigenvalue weighted by atomic mass is 10.1. The van der Waals surface area contributed by atoms with Crippen molar-refractivity contribution in [1.29, 1.82) is 0 Å². The van der Waals surface area contributed by atoms with Crippen LogP contribution >= 0.6 is 15.9 Å². The van der Waals surface area contributed by atoms with Gasteiger partial charge >= 0.3 is 0 Å². The van der Waals surface area contributed by atoms with Crippen LogP contribution in [-0.4, -0.2) is 50.0 Å². The fourth-order valence-electron chi connectivity index (χ4n) is 3.37. The van der Waals surface area contributed by atoms with E-state index in [0.717, 1.165) is 17.3 Å². The molecule has 1 fully saturated rings. The molecule has 3 aromatic rings. The normalized spacial score (nSPS) is 16.2. The summed E-state index contributed by atoms with van der Waals surface area (Å²) in [6.45, 7) is 2.77. The highest BCUT2D eigenvalue weighted by atomic mass is 79.9. The molecule has 150 valence electrons. The smallest absolute Gasteiger partial charge is 0.258 e. The van der Waals surface area contributed by atoms with Crippen molar-refractivity contribution >= 4 is 27.8 Å². The third-order valence-electron chi connectivity index (χ3n) is 4.72. The molecule has 0 unspecified atom stereocenters. The van der Waals surface area contributed by atoms with E-state index in [0.29, 0.717) is 30.4 Å². The quantitative estimate of drug-likeness (QED) is 0.622. The van der Waals surface area contributed by atoms with Crippen molar-refractivity contribution in [3.8, 4) is 11.5 Å². The highest BCUT2D eigenvalue weighted by molar-refractivity contribution is 9.10. The molecule has 1 saturated heterocycles. The molecule has 0 aliphatic carbocycles. The van der Waals surface area contributed by atoms with Crippen LogP contribution in [0.1, 0.15) is 29.0 Å². The first-order valence-corrected chi connectivity index (χ1v) is 9.93. The van der Waals surface area contributed by atoms with E-state index in [1.54, 1.807) is 24.2 Å². The standard InChI is InChI=1S/C19H18BrFN6O2/c1-11-25-17(29-26-11)15-5-4-13(21)7-16(15)18(28)27-6-2-3-14(27)10-24-19-22-8-12(20)9-23-19/h4-5,7-9,14H,2-3,6,10H2,1H3,(H,22,23,24)/t14-/m0/s1. The number of hydrogen-bond donors (Lipinski definition) is 1. The molecule has 0 bridgehead atoms. The number of carbonyl (C=O) groups excluding carboxylic acids is 1. The number of hydrogen-bond acceptors (Lipinski definition) is 7. The van der Waals surface area contributed by atoms with E-state index in [1.807, 2.05) is 0 Å². The van der Waals surface area contributed by atoms with Crippen molar-refractivity contribution < 1.29 is 13.7 Å². The second kappa shape index (κ2) is 8.24. The first kappa shape index (κ1) is 19.4. The SMILES string of the molecule is Cc1noc(-c2ccc(F)cc2C(=O)N2CCC[C@H]2CNc2ncc(Br)cn2)n1. The Kier molecular flexibility index (Phi) is 5.52. The number of amides is 1. The largest absolute Gasteiger partial charge is 0.352 e. The van der Waals surface area contributed by atoms with Gasteiger partial charge in [-0.1, -0.05) is 5.16 Å². The van der Waals surface area contributed by atoms with E-state index in [2.05, 4.69) is 41.4 Å². The minimum absolute atomic E-state index is 0.0599. The highest BCUT2D eigenvalue weighted by Gasteiger charge is 2.31. The Morgan fingerprint density at radius 1 is 1.38 bits per heavy atom. The maximum absolute atomic E-state index is 13.9. The van der Waals surface area contributed by atoms with Crippen LogP contribution in [0, 0.1) is 12.7 Å². The molecule has 0 spiro atoms. The molecular weight excluding hydrogens is 443 g/mol. The second-order valence-electron chi connectivity index (χ2n) is 6.74.